The molecule has 1 heterocycles. The number of hydrogen-bond acceptors (Lipinski definition) is 2. The van der Waals surface area contributed by atoms with Gasteiger partial charge in [-0.15, -0.1) is 24.0 Å². The summed E-state index contributed by atoms with van der Waals surface area (Å²) in [6.07, 6.45) is 3.45. The van der Waals surface area contributed by atoms with Crippen LogP contribution in [0.2, 0.25) is 0 Å². The number of rotatable bonds is 4. The Bertz CT molecular complexity index is 471. The molecule has 0 saturated carbocycles. The maximum atomic E-state index is 5.39. The first-order valence-corrected chi connectivity index (χ1v) is 7.82. The van der Waals surface area contributed by atoms with E-state index in [4.69, 9.17) is 4.74 Å². The van der Waals surface area contributed by atoms with Crippen molar-refractivity contribution in [2.45, 2.75) is 26.2 Å². The van der Waals surface area contributed by atoms with Gasteiger partial charge in [0, 0.05) is 26.7 Å². The van der Waals surface area contributed by atoms with Gasteiger partial charge in [-0.25, -0.2) is 0 Å². The molecule has 22 heavy (non-hydrogen) atoms. The molecule has 0 radical (unpaired) electrons. The van der Waals surface area contributed by atoms with E-state index >= 15 is 0 Å². The van der Waals surface area contributed by atoms with Gasteiger partial charge in [0.2, 0.25) is 0 Å². The lowest BCUT2D eigenvalue weighted by Gasteiger charge is -2.32. The SMILES string of the molecule is CN=C(NCCc1ccccc1OC)N1CCC(C)CC1.I. The third-order valence-corrected chi connectivity index (χ3v) is 4.16. The summed E-state index contributed by atoms with van der Waals surface area (Å²) in [5, 5.41) is 3.47. The minimum atomic E-state index is 0. The Kier molecular flexibility index (Phi) is 8.60. The highest BCUT2D eigenvalue weighted by Crippen LogP contribution is 2.18. The number of ether oxygens (including phenoxy) is 1. The van der Waals surface area contributed by atoms with Crippen molar-refractivity contribution in [1.29, 1.82) is 0 Å². The van der Waals surface area contributed by atoms with Gasteiger partial charge in [0.05, 0.1) is 7.11 Å². The Morgan fingerprint density at radius 2 is 2.00 bits per heavy atom. The maximum Gasteiger partial charge on any atom is 0.193 e. The van der Waals surface area contributed by atoms with Crippen molar-refractivity contribution in [3.05, 3.63) is 29.8 Å². The first-order chi connectivity index (χ1) is 10.2. The van der Waals surface area contributed by atoms with Crippen molar-refractivity contribution in [2.24, 2.45) is 10.9 Å². The predicted octanol–water partition coefficient (Wildman–Crippen LogP) is 3.16. The molecule has 5 heteroatoms. The molecule has 0 aliphatic carbocycles. The topological polar surface area (TPSA) is 36.9 Å². The van der Waals surface area contributed by atoms with Crippen molar-refractivity contribution < 1.29 is 4.74 Å². The Labute approximate surface area is 151 Å². The number of benzene rings is 1. The van der Waals surface area contributed by atoms with Crippen molar-refractivity contribution in [2.75, 3.05) is 33.8 Å². The second-order valence-corrected chi connectivity index (χ2v) is 5.71. The van der Waals surface area contributed by atoms with E-state index in [2.05, 4.69) is 34.3 Å². The highest BCUT2D eigenvalue weighted by atomic mass is 127. The molecule has 0 atom stereocenters. The van der Waals surface area contributed by atoms with Crippen LogP contribution in [0.4, 0.5) is 0 Å². The normalized spacial score (nSPS) is 16.1. The van der Waals surface area contributed by atoms with Gasteiger partial charge in [-0.1, -0.05) is 25.1 Å². The highest BCUT2D eigenvalue weighted by molar-refractivity contribution is 14.0. The zero-order valence-corrected chi connectivity index (χ0v) is 16.2. The van der Waals surface area contributed by atoms with E-state index in [1.54, 1.807) is 7.11 Å². The van der Waals surface area contributed by atoms with Gasteiger partial charge in [0.1, 0.15) is 5.75 Å². The molecule has 2 rings (SSSR count). The minimum Gasteiger partial charge on any atom is -0.496 e. The molecule has 1 saturated heterocycles. The van der Waals surface area contributed by atoms with Crippen LogP contribution in [0.3, 0.4) is 0 Å². The number of aliphatic imine (C=N–C) groups is 1. The molecule has 124 valence electrons. The van der Waals surface area contributed by atoms with Gasteiger partial charge in [-0.2, -0.15) is 0 Å². The first-order valence-electron chi connectivity index (χ1n) is 7.82. The third kappa shape index (κ3) is 5.34. The number of guanidine groups is 1. The molecule has 4 nitrogen and oxygen atoms in total. The van der Waals surface area contributed by atoms with E-state index < -0.39 is 0 Å². The molecule has 1 N–H and O–H groups in total. The number of piperidine rings is 1. The fourth-order valence-corrected chi connectivity index (χ4v) is 2.77. The van der Waals surface area contributed by atoms with Crippen LogP contribution in [0.1, 0.15) is 25.3 Å². The summed E-state index contributed by atoms with van der Waals surface area (Å²) >= 11 is 0. The molecular weight excluding hydrogens is 389 g/mol. The van der Waals surface area contributed by atoms with Gasteiger partial charge >= 0.3 is 0 Å². The number of likely N-dealkylation sites (tertiary alicyclic amines) is 1. The van der Waals surface area contributed by atoms with Gasteiger partial charge < -0.3 is 15.0 Å². The van der Waals surface area contributed by atoms with Crippen LogP contribution in [0, 0.1) is 5.92 Å². The molecule has 0 bridgehead atoms. The summed E-state index contributed by atoms with van der Waals surface area (Å²) in [6, 6.07) is 8.18. The van der Waals surface area contributed by atoms with Crippen LogP contribution in [0.5, 0.6) is 5.75 Å². The lowest BCUT2D eigenvalue weighted by Crippen LogP contribution is -2.45. The summed E-state index contributed by atoms with van der Waals surface area (Å²) in [5.41, 5.74) is 1.23. The summed E-state index contributed by atoms with van der Waals surface area (Å²) in [4.78, 5) is 6.77. The zero-order chi connectivity index (χ0) is 15.1. The van der Waals surface area contributed by atoms with Crippen LogP contribution in [-0.2, 0) is 6.42 Å². The molecular formula is C17H28IN3O. The van der Waals surface area contributed by atoms with Crippen molar-refractivity contribution in [3.8, 4) is 5.75 Å². The Balaban J connectivity index is 0.00000242. The molecule has 1 aromatic carbocycles. The fraction of sp³-hybridized carbons (Fsp3) is 0.588. The Morgan fingerprint density at radius 3 is 2.64 bits per heavy atom. The molecule has 0 amide bonds. The number of hydrogen-bond donors (Lipinski definition) is 1. The number of nitrogens with zero attached hydrogens (tertiary/aromatic N) is 2. The molecule has 0 aromatic heterocycles. The summed E-state index contributed by atoms with van der Waals surface area (Å²) in [5.74, 6) is 2.82. The maximum absolute atomic E-state index is 5.39. The van der Waals surface area contributed by atoms with E-state index in [9.17, 15) is 0 Å². The fourth-order valence-electron chi connectivity index (χ4n) is 2.77. The van der Waals surface area contributed by atoms with Crippen LogP contribution in [0.15, 0.2) is 29.3 Å². The average molecular weight is 417 g/mol. The van der Waals surface area contributed by atoms with Crippen molar-refractivity contribution in [1.82, 2.24) is 10.2 Å². The van der Waals surface area contributed by atoms with E-state index in [1.165, 1.54) is 18.4 Å². The van der Waals surface area contributed by atoms with Crippen LogP contribution < -0.4 is 10.1 Å². The average Bonchev–Trinajstić information content (AvgIpc) is 2.53. The van der Waals surface area contributed by atoms with Gasteiger partial charge in [-0.05, 0) is 36.8 Å². The van der Waals surface area contributed by atoms with Crippen molar-refractivity contribution in [3.63, 3.8) is 0 Å². The summed E-state index contributed by atoms with van der Waals surface area (Å²) in [7, 11) is 3.59. The predicted molar refractivity (Wildman–Crippen MR) is 103 cm³/mol. The summed E-state index contributed by atoms with van der Waals surface area (Å²) < 4.78 is 5.39. The molecule has 1 aliphatic heterocycles. The Hall–Kier alpha value is -0.980. The molecule has 0 unspecified atom stereocenters. The van der Waals surface area contributed by atoms with Gasteiger partial charge in [0.25, 0.3) is 0 Å². The molecule has 0 spiro atoms. The molecule has 1 aliphatic rings. The number of para-hydroxylation sites is 1. The zero-order valence-electron chi connectivity index (χ0n) is 13.8. The van der Waals surface area contributed by atoms with E-state index in [0.717, 1.165) is 43.7 Å². The van der Waals surface area contributed by atoms with Crippen molar-refractivity contribution >= 4 is 29.9 Å². The highest BCUT2D eigenvalue weighted by Gasteiger charge is 2.18. The van der Waals surface area contributed by atoms with E-state index in [1.807, 2.05) is 19.2 Å². The van der Waals surface area contributed by atoms with Crippen LogP contribution in [0.25, 0.3) is 0 Å². The number of methoxy groups -OCH3 is 1. The van der Waals surface area contributed by atoms with E-state index in [0.29, 0.717) is 0 Å². The third-order valence-electron chi connectivity index (χ3n) is 4.16. The second kappa shape index (κ2) is 9.92. The largest absolute Gasteiger partial charge is 0.496 e. The molecule has 1 fully saturated rings. The Morgan fingerprint density at radius 1 is 1.32 bits per heavy atom. The standard InChI is InChI=1S/C17H27N3O.HI/c1-14-9-12-20(13-10-14)17(18-2)19-11-8-15-6-4-5-7-16(15)21-3;/h4-7,14H,8-13H2,1-3H3,(H,18,19);1H. The smallest absolute Gasteiger partial charge is 0.193 e. The van der Waals surface area contributed by atoms with Crippen LogP contribution in [-0.4, -0.2) is 44.7 Å². The number of nitrogens with one attached hydrogen (secondary N) is 1. The first kappa shape index (κ1) is 19.1. The lowest BCUT2D eigenvalue weighted by atomic mass is 9.99. The van der Waals surface area contributed by atoms with Crippen LogP contribution >= 0.6 is 24.0 Å². The quantitative estimate of drug-likeness (QED) is 0.465. The summed E-state index contributed by atoms with van der Waals surface area (Å²) in [6.45, 7) is 5.42. The van der Waals surface area contributed by atoms with Gasteiger partial charge in [-0.3, -0.25) is 4.99 Å². The second-order valence-electron chi connectivity index (χ2n) is 5.71. The van der Waals surface area contributed by atoms with E-state index in [-0.39, 0.29) is 24.0 Å². The minimum absolute atomic E-state index is 0. The van der Waals surface area contributed by atoms with Gasteiger partial charge in [0.15, 0.2) is 5.96 Å². The lowest BCUT2D eigenvalue weighted by molar-refractivity contribution is 0.273. The molecule has 1 aromatic rings. The monoisotopic (exact) mass is 417 g/mol. The number of halogens is 1.